The monoisotopic (exact) mass is 907 g/mol. The Bertz CT molecular complexity index is 2630. The van der Waals surface area contributed by atoms with Gasteiger partial charge in [-0.3, -0.25) is 9.59 Å². The quantitative estimate of drug-likeness (QED) is 0.0715. The molecule has 0 heterocycles. The van der Waals surface area contributed by atoms with Gasteiger partial charge >= 0.3 is 0 Å². The largest absolute Gasteiger partial charge is 0.363 e. The van der Waals surface area contributed by atoms with Crippen molar-refractivity contribution in [1.82, 2.24) is 0 Å². The lowest BCUT2D eigenvalue weighted by atomic mass is 9.77. The predicted octanol–water partition coefficient (Wildman–Crippen LogP) is 16.2. The third-order valence-electron chi connectivity index (χ3n) is 14.0. The SMILES string of the molecule is CCCCCC(C)(CC)Cc1ccc(CN(Cc2ccc(CC(C)(C)C)cc2)c2ccc3c(c2)C(=O)c2ccc(N(Cc4ccc(CC)cc4)Cc4ccc(CC(C)(C)C)cc4)cc2C3=O)cc1. The molecule has 0 spiro atoms. The summed E-state index contributed by atoms with van der Waals surface area (Å²) in [5, 5.41) is 0. The van der Waals surface area contributed by atoms with Crippen LogP contribution in [0.4, 0.5) is 11.4 Å². The average molecular weight is 907 g/mol. The summed E-state index contributed by atoms with van der Waals surface area (Å²) in [7, 11) is 0. The maximum absolute atomic E-state index is 14.6. The van der Waals surface area contributed by atoms with E-state index < -0.39 is 0 Å². The van der Waals surface area contributed by atoms with Crippen LogP contribution in [0.1, 0.15) is 178 Å². The fourth-order valence-electron chi connectivity index (χ4n) is 9.96. The average Bonchev–Trinajstić information content (AvgIpc) is 3.31. The standard InChI is InChI=1S/C64H78N2O2/c1-11-14-15-36-64(10,13-3)41-49-22-30-53(31-23-49)45-66(44-52-28-20-48(21-29-52)40-63(7,8)9)55-33-35-57-59(38-55)61(68)56-34-32-54(37-58(56)60(57)67)65(42-50-24-16-46(12-2)17-25-50)43-51-26-18-47(19-27-51)39-62(4,5)6/h16-35,37-38H,11-15,36,39-45H2,1-10H3. The lowest BCUT2D eigenvalue weighted by Gasteiger charge is -2.29. The van der Waals surface area contributed by atoms with Crippen LogP contribution in [0.5, 0.6) is 0 Å². The molecule has 0 aromatic heterocycles. The van der Waals surface area contributed by atoms with Gasteiger partial charge in [0.1, 0.15) is 0 Å². The second-order valence-corrected chi connectivity index (χ2v) is 22.7. The summed E-state index contributed by atoms with van der Waals surface area (Å²) in [5.41, 5.74) is 14.6. The van der Waals surface area contributed by atoms with Crippen molar-refractivity contribution in [2.45, 2.75) is 153 Å². The molecule has 1 aliphatic rings. The molecule has 0 fully saturated rings. The lowest BCUT2D eigenvalue weighted by Crippen LogP contribution is -2.26. The molecule has 6 aromatic rings. The number of carbonyl (C=O) groups is 2. The number of fused-ring (bicyclic) bond motifs is 2. The molecule has 1 unspecified atom stereocenters. The van der Waals surface area contributed by atoms with Gasteiger partial charge in [0.25, 0.3) is 0 Å². The predicted molar refractivity (Wildman–Crippen MR) is 287 cm³/mol. The first-order valence-corrected chi connectivity index (χ1v) is 25.6. The molecule has 6 aromatic carbocycles. The number of hydrogen-bond acceptors (Lipinski definition) is 4. The first-order valence-electron chi connectivity index (χ1n) is 25.6. The van der Waals surface area contributed by atoms with Crippen LogP contribution >= 0.6 is 0 Å². The van der Waals surface area contributed by atoms with Crippen LogP contribution in [0.25, 0.3) is 0 Å². The molecule has 0 radical (unpaired) electrons. The molecule has 4 heteroatoms. The highest BCUT2D eigenvalue weighted by Crippen LogP contribution is 2.36. The van der Waals surface area contributed by atoms with E-state index in [-0.39, 0.29) is 22.4 Å². The van der Waals surface area contributed by atoms with E-state index in [1.54, 1.807) is 0 Å². The van der Waals surface area contributed by atoms with Crippen LogP contribution in [0, 0.1) is 16.2 Å². The smallest absolute Gasteiger partial charge is 0.194 e. The Kier molecular flexibility index (Phi) is 16.0. The van der Waals surface area contributed by atoms with E-state index in [9.17, 15) is 9.59 Å². The zero-order valence-corrected chi connectivity index (χ0v) is 43.1. The number of benzene rings is 6. The minimum absolute atomic E-state index is 0.104. The number of nitrogens with zero attached hydrogens (tertiary/aromatic N) is 2. The summed E-state index contributed by atoms with van der Waals surface area (Å²) in [6.45, 7) is 25.6. The van der Waals surface area contributed by atoms with Gasteiger partial charge < -0.3 is 9.80 Å². The van der Waals surface area contributed by atoms with Crippen molar-refractivity contribution < 1.29 is 9.59 Å². The molecule has 0 amide bonds. The molecule has 0 bridgehead atoms. The molecule has 0 saturated carbocycles. The number of rotatable bonds is 20. The maximum atomic E-state index is 14.6. The topological polar surface area (TPSA) is 40.6 Å². The highest BCUT2D eigenvalue weighted by atomic mass is 16.1. The summed E-state index contributed by atoms with van der Waals surface area (Å²) in [4.78, 5) is 33.9. The van der Waals surface area contributed by atoms with E-state index in [1.807, 2.05) is 36.4 Å². The number of ketones is 2. The van der Waals surface area contributed by atoms with Crippen molar-refractivity contribution in [3.05, 3.63) is 200 Å². The Labute approximate surface area is 410 Å². The van der Waals surface area contributed by atoms with E-state index >= 15 is 0 Å². The molecular formula is C64H78N2O2. The molecule has 1 atom stereocenters. The summed E-state index contributed by atoms with van der Waals surface area (Å²) in [5.74, 6) is -0.208. The first-order chi connectivity index (χ1) is 32.4. The zero-order chi connectivity index (χ0) is 48.6. The van der Waals surface area contributed by atoms with Gasteiger partial charge in [0.15, 0.2) is 11.6 Å². The van der Waals surface area contributed by atoms with E-state index in [2.05, 4.69) is 176 Å². The highest BCUT2D eigenvalue weighted by Gasteiger charge is 2.31. The molecule has 0 aliphatic heterocycles. The van der Waals surface area contributed by atoms with Gasteiger partial charge in [0, 0.05) is 59.8 Å². The Balaban J connectivity index is 1.17. The fraction of sp³-hybridized carbons (Fsp3) is 0.406. The molecular weight excluding hydrogens is 829 g/mol. The van der Waals surface area contributed by atoms with Gasteiger partial charge in [-0.15, -0.1) is 0 Å². The van der Waals surface area contributed by atoms with Crippen LogP contribution in [0.2, 0.25) is 0 Å². The van der Waals surface area contributed by atoms with Crippen LogP contribution in [-0.4, -0.2) is 11.6 Å². The normalized spacial score (nSPS) is 13.5. The Morgan fingerprint density at radius 1 is 0.382 bits per heavy atom. The first kappa shape index (κ1) is 50.1. The number of hydrogen-bond donors (Lipinski definition) is 0. The molecule has 0 N–H and O–H groups in total. The van der Waals surface area contributed by atoms with Crippen molar-refractivity contribution in [1.29, 1.82) is 0 Å². The molecule has 68 heavy (non-hydrogen) atoms. The zero-order valence-electron chi connectivity index (χ0n) is 43.1. The summed E-state index contributed by atoms with van der Waals surface area (Å²) in [6, 6.07) is 47.7. The third-order valence-corrected chi connectivity index (χ3v) is 14.0. The third kappa shape index (κ3) is 13.3. The minimum atomic E-state index is -0.105. The van der Waals surface area contributed by atoms with Crippen molar-refractivity contribution in [3.8, 4) is 0 Å². The lowest BCUT2D eigenvalue weighted by molar-refractivity contribution is 0.0979. The van der Waals surface area contributed by atoms with Crippen LogP contribution in [-0.2, 0) is 51.9 Å². The van der Waals surface area contributed by atoms with Gasteiger partial charge in [-0.1, -0.05) is 192 Å². The fourth-order valence-corrected chi connectivity index (χ4v) is 9.96. The molecule has 356 valence electrons. The van der Waals surface area contributed by atoms with Crippen molar-refractivity contribution >= 4 is 22.9 Å². The number of carbonyl (C=O) groups excluding carboxylic acids is 2. The maximum Gasteiger partial charge on any atom is 0.194 e. The number of unbranched alkanes of at least 4 members (excludes halogenated alkanes) is 2. The Morgan fingerprint density at radius 3 is 1.04 bits per heavy atom. The molecule has 1 aliphatic carbocycles. The van der Waals surface area contributed by atoms with E-state index in [1.165, 1.54) is 76.6 Å². The van der Waals surface area contributed by atoms with Gasteiger partial charge in [0.05, 0.1) is 0 Å². The minimum Gasteiger partial charge on any atom is -0.363 e. The van der Waals surface area contributed by atoms with E-state index in [4.69, 9.17) is 0 Å². The van der Waals surface area contributed by atoms with Gasteiger partial charge in [-0.05, 0) is 129 Å². The second-order valence-electron chi connectivity index (χ2n) is 22.7. The van der Waals surface area contributed by atoms with Crippen molar-refractivity contribution in [2.75, 3.05) is 9.80 Å². The number of aryl methyl sites for hydroxylation is 1. The molecule has 7 rings (SSSR count). The summed E-state index contributed by atoms with van der Waals surface area (Å²) in [6.07, 6.45) is 10.4. The van der Waals surface area contributed by atoms with Gasteiger partial charge in [0.2, 0.25) is 0 Å². The van der Waals surface area contributed by atoms with E-state index in [0.717, 1.165) is 37.1 Å². The van der Waals surface area contributed by atoms with Crippen LogP contribution in [0.15, 0.2) is 133 Å². The van der Waals surface area contributed by atoms with Gasteiger partial charge in [-0.2, -0.15) is 0 Å². The Morgan fingerprint density at radius 2 is 0.721 bits per heavy atom. The number of anilines is 2. The molecule has 4 nitrogen and oxygen atoms in total. The van der Waals surface area contributed by atoms with Crippen molar-refractivity contribution in [3.63, 3.8) is 0 Å². The second kappa shape index (κ2) is 21.7. The summed E-state index contributed by atoms with van der Waals surface area (Å²) < 4.78 is 0. The van der Waals surface area contributed by atoms with Gasteiger partial charge in [-0.25, -0.2) is 0 Å². The summed E-state index contributed by atoms with van der Waals surface area (Å²) >= 11 is 0. The van der Waals surface area contributed by atoms with Crippen LogP contribution in [0.3, 0.4) is 0 Å². The Hall–Kier alpha value is -5.74. The highest BCUT2D eigenvalue weighted by molar-refractivity contribution is 6.29. The van der Waals surface area contributed by atoms with E-state index in [0.29, 0.717) is 53.8 Å². The van der Waals surface area contributed by atoms with Crippen molar-refractivity contribution in [2.24, 2.45) is 16.2 Å². The molecule has 0 saturated heterocycles. The van der Waals surface area contributed by atoms with Crippen LogP contribution < -0.4 is 9.80 Å².